The number of carbonyl (C=O) groups excluding carboxylic acids is 1. The van der Waals surface area contributed by atoms with E-state index in [9.17, 15) is 4.79 Å². The van der Waals surface area contributed by atoms with Crippen molar-refractivity contribution in [3.63, 3.8) is 0 Å². The van der Waals surface area contributed by atoms with Crippen LogP contribution in [0.1, 0.15) is 37.0 Å². The molecule has 0 aromatic carbocycles. The average Bonchev–Trinajstić information content (AvgIpc) is 2.26. The van der Waals surface area contributed by atoms with E-state index in [1.807, 2.05) is 26.8 Å². The highest BCUT2D eigenvalue weighted by Gasteiger charge is 2.24. The lowest BCUT2D eigenvalue weighted by Gasteiger charge is -2.31. The molecule has 4 nitrogen and oxygen atoms in total. The number of hydrogen-bond acceptors (Lipinski definition) is 3. The highest BCUT2D eigenvalue weighted by Crippen LogP contribution is 2.13. The van der Waals surface area contributed by atoms with Crippen molar-refractivity contribution in [3.05, 3.63) is 29.6 Å². The van der Waals surface area contributed by atoms with Gasteiger partial charge in [-0.2, -0.15) is 5.26 Å². The molecule has 0 fully saturated rings. The molecule has 16 heavy (non-hydrogen) atoms. The van der Waals surface area contributed by atoms with Crippen LogP contribution in [-0.2, 0) is 0 Å². The topological polar surface area (TPSA) is 57.0 Å². The van der Waals surface area contributed by atoms with Gasteiger partial charge in [0.1, 0.15) is 17.5 Å². The van der Waals surface area contributed by atoms with E-state index in [1.165, 1.54) is 0 Å². The first kappa shape index (κ1) is 12.2. The minimum absolute atomic E-state index is 0.176. The first-order chi connectivity index (χ1) is 7.36. The first-order valence-electron chi connectivity index (χ1n) is 5.01. The van der Waals surface area contributed by atoms with Gasteiger partial charge in [0.15, 0.2) is 0 Å². The number of hydrogen-bond donors (Lipinski definition) is 0. The molecule has 0 aliphatic carbocycles. The summed E-state index contributed by atoms with van der Waals surface area (Å²) in [5, 5.41) is 8.70. The summed E-state index contributed by atoms with van der Waals surface area (Å²) >= 11 is 0. The number of carbonyl (C=O) groups is 1. The Kier molecular flexibility index (Phi) is 3.28. The summed E-state index contributed by atoms with van der Waals surface area (Å²) in [5.74, 6) is -0.176. The number of nitriles is 1. The molecule has 0 atom stereocenters. The molecule has 1 aromatic rings. The Labute approximate surface area is 95.5 Å². The molecule has 0 spiro atoms. The summed E-state index contributed by atoms with van der Waals surface area (Å²) in [6.45, 7) is 5.83. The normalized spacial score (nSPS) is 10.7. The Morgan fingerprint density at radius 3 is 2.56 bits per heavy atom. The van der Waals surface area contributed by atoms with Crippen LogP contribution in [-0.4, -0.2) is 28.4 Å². The molecule has 0 aliphatic rings. The highest BCUT2D eigenvalue weighted by atomic mass is 16.2. The molecule has 0 radical (unpaired) electrons. The number of aromatic nitrogens is 1. The van der Waals surface area contributed by atoms with E-state index in [0.29, 0.717) is 5.69 Å². The van der Waals surface area contributed by atoms with Crippen LogP contribution >= 0.6 is 0 Å². The van der Waals surface area contributed by atoms with Gasteiger partial charge < -0.3 is 4.90 Å². The van der Waals surface area contributed by atoms with Crippen LogP contribution in [0.4, 0.5) is 0 Å². The van der Waals surface area contributed by atoms with E-state index in [-0.39, 0.29) is 17.1 Å². The smallest absolute Gasteiger partial charge is 0.272 e. The van der Waals surface area contributed by atoms with E-state index in [1.54, 1.807) is 30.1 Å². The second-order valence-corrected chi connectivity index (χ2v) is 4.55. The minimum Gasteiger partial charge on any atom is -0.336 e. The minimum atomic E-state index is -0.262. The van der Waals surface area contributed by atoms with Gasteiger partial charge >= 0.3 is 0 Å². The summed E-state index contributed by atoms with van der Waals surface area (Å²) in [5.41, 5.74) is 0.297. The predicted molar refractivity (Wildman–Crippen MR) is 60.8 cm³/mol. The Hall–Kier alpha value is -1.89. The molecule has 0 bridgehead atoms. The fourth-order valence-electron chi connectivity index (χ4n) is 1.09. The molecule has 4 heteroatoms. The van der Waals surface area contributed by atoms with Crippen molar-refractivity contribution in [1.82, 2.24) is 9.88 Å². The predicted octanol–water partition coefficient (Wildman–Crippen LogP) is 1.82. The van der Waals surface area contributed by atoms with E-state index >= 15 is 0 Å². The zero-order valence-corrected chi connectivity index (χ0v) is 9.98. The second-order valence-electron chi connectivity index (χ2n) is 4.55. The van der Waals surface area contributed by atoms with Gasteiger partial charge in [0.2, 0.25) is 0 Å². The monoisotopic (exact) mass is 217 g/mol. The SMILES string of the molecule is CN(C(=O)c1cccc(C#N)n1)C(C)(C)C. The molecule has 1 heterocycles. The van der Waals surface area contributed by atoms with Crippen molar-refractivity contribution in [3.8, 4) is 6.07 Å². The summed E-state index contributed by atoms with van der Waals surface area (Å²) in [6, 6.07) is 6.77. The summed E-state index contributed by atoms with van der Waals surface area (Å²) in [6.07, 6.45) is 0. The number of rotatable bonds is 1. The van der Waals surface area contributed by atoms with E-state index in [2.05, 4.69) is 4.98 Å². The molecule has 0 aliphatic heterocycles. The van der Waals surface area contributed by atoms with Gasteiger partial charge in [0, 0.05) is 12.6 Å². The molecular weight excluding hydrogens is 202 g/mol. The quantitative estimate of drug-likeness (QED) is 0.721. The van der Waals surface area contributed by atoms with Crippen molar-refractivity contribution >= 4 is 5.91 Å². The lowest BCUT2D eigenvalue weighted by atomic mass is 10.1. The number of nitrogens with zero attached hydrogens (tertiary/aromatic N) is 3. The summed E-state index contributed by atoms with van der Waals surface area (Å²) in [7, 11) is 1.73. The van der Waals surface area contributed by atoms with Crippen molar-refractivity contribution in [2.75, 3.05) is 7.05 Å². The van der Waals surface area contributed by atoms with Crippen molar-refractivity contribution in [2.24, 2.45) is 0 Å². The molecular formula is C12H15N3O. The van der Waals surface area contributed by atoms with Crippen molar-refractivity contribution in [1.29, 1.82) is 5.26 Å². The van der Waals surface area contributed by atoms with Crippen LogP contribution in [0.2, 0.25) is 0 Å². The third-order valence-corrected chi connectivity index (χ3v) is 2.39. The molecule has 0 N–H and O–H groups in total. The van der Waals surface area contributed by atoms with Crippen LogP contribution < -0.4 is 0 Å². The maximum Gasteiger partial charge on any atom is 0.272 e. The fraction of sp³-hybridized carbons (Fsp3) is 0.417. The summed E-state index contributed by atoms with van der Waals surface area (Å²) < 4.78 is 0. The summed E-state index contributed by atoms with van der Waals surface area (Å²) in [4.78, 5) is 17.6. The van der Waals surface area contributed by atoms with Gasteiger partial charge in [-0.25, -0.2) is 4.98 Å². The Balaban J connectivity index is 3.02. The molecule has 84 valence electrons. The third-order valence-electron chi connectivity index (χ3n) is 2.39. The van der Waals surface area contributed by atoms with Crippen LogP contribution in [0.3, 0.4) is 0 Å². The molecule has 0 saturated carbocycles. The Morgan fingerprint density at radius 1 is 1.44 bits per heavy atom. The highest BCUT2D eigenvalue weighted by molar-refractivity contribution is 5.92. The lowest BCUT2D eigenvalue weighted by Crippen LogP contribution is -2.42. The molecule has 1 amide bonds. The van der Waals surface area contributed by atoms with Crippen molar-refractivity contribution in [2.45, 2.75) is 26.3 Å². The molecule has 1 aromatic heterocycles. The maximum atomic E-state index is 12.0. The molecule has 0 saturated heterocycles. The van der Waals surface area contributed by atoms with E-state index in [0.717, 1.165) is 0 Å². The van der Waals surface area contributed by atoms with E-state index < -0.39 is 0 Å². The zero-order chi connectivity index (χ0) is 12.3. The first-order valence-corrected chi connectivity index (χ1v) is 5.01. The van der Waals surface area contributed by atoms with Crippen LogP contribution in [0.15, 0.2) is 18.2 Å². The lowest BCUT2D eigenvalue weighted by molar-refractivity contribution is 0.0649. The van der Waals surface area contributed by atoms with Gasteiger partial charge in [-0.15, -0.1) is 0 Å². The van der Waals surface area contributed by atoms with Gasteiger partial charge in [-0.3, -0.25) is 4.79 Å². The molecule has 0 unspecified atom stereocenters. The Morgan fingerprint density at radius 2 is 2.06 bits per heavy atom. The van der Waals surface area contributed by atoms with Crippen molar-refractivity contribution < 1.29 is 4.79 Å². The van der Waals surface area contributed by atoms with E-state index in [4.69, 9.17) is 5.26 Å². The zero-order valence-electron chi connectivity index (χ0n) is 9.98. The fourth-order valence-corrected chi connectivity index (χ4v) is 1.09. The van der Waals surface area contributed by atoms with Gasteiger partial charge in [-0.1, -0.05) is 6.07 Å². The average molecular weight is 217 g/mol. The third kappa shape index (κ3) is 2.57. The number of pyridine rings is 1. The van der Waals surface area contributed by atoms with Crippen LogP contribution in [0.5, 0.6) is 0 Å². The number of amides is 1. The molecule has 1 rings (SSSR count). The maximum absolute atomic E-state index is 12.0. The van der Waals surface area contributed by atoms with Gasteiger partial charge in [0.25, 0.3) is 5.91 Å². The van der Waals surface area contributed by atoms with Gasteiger partial charge in [0.05, 0.1) is 0 Å². The largest absolute Gasteiger partial charge is 0.336 e. The van der Waals surface area contributed by atoms with Crippen LogP contribution in [0, 0.1) is 11.3 Å². The van der Waals surface area contributed by atoms with Gasteiger partial charge in [-0.05, 0) is 32.9 Å². The Bertz CT molecular complexity index is 440. The standard InChI is InChI=1S/C12H15N3O/c1-12(2,3)15(4)11(16)10-7-5-6-9(8-13)14-10/h5-7H,1-4H3. The van der Waals surface area contributed by atoms with Crippen LogP contribution in [0.25, 0.3) is 0 Å². The second kappa shape index (κ2) is 4.31.